The Morgan fingerprint density at radius 1 is 0.952 bits per heavy atom. The Balaban J connectivity index is 1.22. The van der Waals surface area contributed by atoms with Crippen LogP contribution in [0.5, 0.6) is 11.5 Å². The van der Waals surface area contributed by atoms with E-state index in [1.807, 2.05) is 44.2 Å². The second-order valence-electron chi connectivity index (χ2n) is 10.8. The third kappa shape index (κ3) is 5.77. The van der Waals surface area contributed by atoms with Crippen molar-refractivity contribution in [3.8, 4) is 11.5 Å². The van der Waals surface area contributed by atoms with Gasteiger partial charge in [-0.1, -0.05) is 48.0 Å². The second kappa shape index (κ2) is 11.5. The van der Waals surface area contributed by atoms with Crippen LogP contribution in [0.4, 0.5) is 0 Å². The summed E-state index contributed by atoms with van der Waals surface area (Å²) in [6.45, 7) is 3.89. The van der Waals surface area contributed by atoms with E-state index in [2.05, 4.69) is 27.6 Å². The Kier molecular flexibility index (Phi) is 7.50. The van der Waals surface area contributed by atoms with Gasteiger partial charge in [0.1, 0.15) is 11.3 Å². The third-order valence-corrected chi connectivity index (χ3v) is 7.53. The first-order valence-corrected chi connectivity index (χ1v) is 13.9. The van der Waals surface area contributed by atoms with Crippen molar-refractivity contribution in [2.75, 3.05) is 6.61 Å². The molecule has 3 aromatic carbocycles. The molecule has 6 rings (SSSR count). The highest BCUT2D eigenvalue weighted by Crippen LogP contribution is 2.41. The van der Waals surface area contributed by atoms with E-state index in [4.69, 9.17) is 9.57 Å². The van der Waals surface area contributed by atoms with E-state index in [-0.39, 0.29) is 29.0 Å². The first-order valence-electron chi connectivity index (χ1n) is 13.9. The molecule has 4 aromatic rings. The predicted molar refractivity (Wildman–Crippen MR) is 154 cm³/mol. The van der Waals surface area contributed by atoms with Crippen LogP contribution < -0.4 is 10.1 Å². The lowest BCUT2D eigenvalue weighted by atomic mass is 9.99. The number of nitrogens with zero attached hydrogens (tertiary/aromatic N) is 3. The van der Waals surface area contributed by atoms with Crippen LogP contribution in [0.2, 0.25) is 0 Å². The topological polar surface area (TPSA) is 111 Å². The SMILES string of the molecule is Cc1ccc(C[C@H](CON2C(=O)c3ccccc3C2=O)NC(=O)c2cnncc2Oc2cccc(C3CC3)c2)c(C)c1. The van der Waals surface area contributed by atoms with Crippen LogP contribution >= 0.6 is 0 Å². The molecule has 0 radical (unpaired) electrons. The van der Waals surface area contributed by atoms with Crippen LogP contribution in [0, 0.1) is 13.8 Å². The van der Waals surface area contributed by atoms with Crippen LogP contribution in [-0.4, -0.2) is 45.6 Å². The summed E-state index contributed by atoms with van der Waals surface area (Å²) in [6, 6.07) is 19.9. The van der Waals surface area contributed by atoms with Crippen LogP contribution in [0.15, 0.2) is 79.1 Å². The Bertz CT molecular complexity index is 1650. The molecule has 0 unspecified atom stereocenters. The number of imide groups is 1. The molecule has 9 nitrogen and oxygen atoms in total. The first-order chi connectivity index (χ1) is 20.4. The van der Waals surface area contributed by atoms with Crippen molar-refractivity contribution < 1.29 is 24.0 Å². The standard InChI is InChI=1S/C33H30N4O5/c1-20-10-11-23(21(2)14-20)15-25(19-41-37-32(39)27-8-3-4-9-28(27)33(37)40)36-31(38)29-17-34-35-18-30(29)42-26-7-5-6-24(16-26)22-12-13-22/h3-11,14,16-18,22,25H,12-13,15,19H2,1-2H3,(H,36,38)/t25-/m1/s1. The highest BCUT2D eigenvalue weighted by atomic mass is 16.7. The number of amides is 3. The molecule has 0 bridgehead atoms. The van der Waals surface area contributed by atoms with Gasteiger partial charge in [-0.2, -0.15) is 10.2 Å². The fourth-order valence-electron chi connectivity index (χ4n) is 5.14. The number of carbonyl (C=O) groups excluding carboxylic acids is 3. The monoisotopic (exact) mass is 562 g/mol. The number of ether oxygens (including phenoxy) is 1. The van der Waals surface area contributed by atoms with Gasteiger partial charge >= 0.3 is 0 Å². The summed E-state index contributed by atoms with van der Waals surface area (Å²) >= 11 is 0. The summed E-state index contributed by atoms with van der Waals surface area (Å²) < 4.78 is 6.09. The number of hydrogen-bond acceptors (Lipinski definition) is 7. The van der Waals surface area contributed by atoms with Gasteiger partial charge in [-0.25, -0.2) is 0 Å². The van der Waals surface area contributed by atoms with Gasteiger partial charge in [-0.3, -0.25) is 19.2 Å². The number of carbonyl (C=O) groups is 3. The zero-order chi connectivity index (χ0) is 29.2. The maximum Gasteiger partial charge on any atom is 0.285 e. The molecule has 1 aromatic heterocycles. The third-order valence-electron chi connectivity index (χ3n) is 7.53. The van der Waals surface area contributed by atoms with Gasteiger partial charge in [0.15, 0.2) is 5.75 Å². The van der Waals surface area contributed by atoms with Crippen molar-refractivity contribution in [3.05, 3.63) is 118 Å². The molecule has 42 heavy (non-hydrogen) atoms. The molecule has 1 saturated carbocycles. The van der Waals surface area contributed by atoms with Gasteiger partial charge in [0.25, 0.3) is 17.7 Å². The normalized spacial score (nSPS) is 15.0. The van der Waals surface area contributed by atoms with E-state index < -0.39 is 23.8 Å². The molecule has 1 fully saturated rings. The predicted octanol–water partition coefficient (Wildman–Crippen LogP) is 5.33. The molecule has 1 N–H and O–H groups in total. The number of rotatable bonds is 10. The van der Waals surface area contributed by atoms with Gasteiger partial charge < -0.3 is 10.1 Å². The van der Waals surface area contributed by atoms with Crippen LogP contribution in [0.1, 0.15) is 72.1 Å². The molecule has 1 aliphatic carbocycles. The fourth-order valence-corrected chi connectivity index (χ4v) is 5.14. The zero-order valence-corrected chi connectivity index (χ0v) is 23.4. The number of hydroxylamine groups is 2. The van der Waals surface area contributed by atoms with E-state index in [0.29, 0.717) is 18.1 Å². The summed E-state index contributed by atoms with van der Waals surface area (Å²) in [5, 5.41) is 11.6. The Morgan fingerprint density at radius 2 is 1.69 bits per heavy atom. The lowest BCUT2D eigenvalue weighted by Crippen LogP contribution is -2.43. The lowest BCUT2D eigenvalue weighted by Gasteiger charge is -2.23. The first kappa shape index (κ1) is 27.3. The Morgan fingerprint density at radius 3 is 2.40 bits per heavy atom. The van der Waals surface area contributed by atoms with Crippen LogP contribution in [0.3, 0.4) is 0 Å². The Labute approximate surface area is 243 Å². The highest BCUT2D eigenvalue weighted by Gasteiger charge is 2.37. The number of aromatic nitrogens is 2. The summed E-state index contributed by atoms with van der Waals surface area (Å²) in [7, 11) is 0. The van der Waals surface area contributed by atoms with Gasteiger partial charge in [-0.05, 0) is 80.0 Å². The molecular formula is C33H30N4O5. The maximum absolute atomic E-state index is 13.6. The molecular weight excluding hydrogens is 532 g/mol. The second-order valence-corrected chi connectivity index (χ2v) is 10.8. The zero-order valence-electron chi connectivity index (χ0n) is 23.4. The summed E-state index contributed by atoms with van der Waals surface area (Å²) in [6.07, 6.45) is 5.50. The van der Waals surface area contributed by atoms with Gasteiger partial charge in [0.05, 0.1) is 36.2 Å². The van der Waals surface area contributed by atoms with E-state index in [0.717, 1.165) is 21.8 Å². The minimum atomic E-state index is -0.595. The summed E-state index contributed by atoms with van der Waals surface area (Å²) in [5.74, 6) is -0.0764. The average molecular weight is 563 g/mol. The average Bonchev–Trinajstić information content (AvgIpc) is 3.81. The van der Waals surface area contributed by atoms with Gasteiger partial charge in [0, 0.05) is 0 Å². The van der Waals surface area contributed by atoms with E-state index in [1.54, 1.807) is 24.3 Å². The molecule has 1 aliphatic heterocycles. The van der Waals surface area contributed by atoms with E-state index >= 15 is 0 Å². The number of aryl methyl sites for hydroxylation is 2. The van der Waals surface area contributed by atoms with E-state index in [1.165, 1.54) is 30.8 Å². The van der Waals surface area contributed by atoms with Crippen molar-refractivity contribution in [2.45, 2.75) is 45.1 Å². The number of benzene rings is 3. The maximum atomic E-state index is 13.6. The van der Waals surface area contributed by atoms with Crippen molar-refractivity contribution in [1.29, 1.82) is 0 Å². The molecule has 2 aliphatic rings. The summed E-state index contributed by atoms with van der Waals surface area (Å²) in [5.41, 5.74) is 5.15. The molecule has 3 amide bonds. The van der Waals surface area contributed by atoms with Crippen molar-refractivity contribution in [1.82, 2.24) is 20.6 Å². The van der Waals surface area contributed by atoms with Crippen molar-refractivity contribution in [2.24, 2.45) is 0 Å². The largest absolute Gasteiger partial charge is 0.455 e. The number of nitrogens with one attached hydrogen (secondary N) is 1. The van der Waals surface area contributed by atoms with Crippen molar-refractivity contribution >= 4 is 17.7 Å². The van der Waals surface area contributed by atoms with E-state index in [9.17, 15) is 14.4 Å². The van der Waals surface area contributed by atoms with Gasteiger partial charge in [0.2, 0.25) is 0 Å². The van der Waals surface area contributed by atoms with Crippen molar-refractivity contribution in [3.63, 3.8) is 0 Å². The fraction of sp³-hybridized carbons (Fsp3) is 0.242. The molecule has 2 heterocycles. The highest BCUT2D eigenvalue weighted by molar-refractivity contribution is 6.20. The van der Waals surface area contributed by atoms with Crippen LogP contribution in [-0.2, 0) is 11.3 Å². The number of fused-ring (bicyclic) bond motifs is 1. The lowest BCUT2D eigenvalue weighted by molar-refractivity contribution is -0.0968. The minimum Gasteiger partial charge on any atom is -0.455 e. The number of hydrogen-bond donors (Lipinski definition) is 1. The molecule has 0 spiro atoms. The quantitative estimate of drug-likeness (QED) is 0.260. The minimum absolute atomic E-state index is 0.122. The van der Waals surface area contributed by atoms with Crippen LogP contribution in [0.25, 0.3) is 0 Å². The smallest absolute Gasteiger partial charge is 0.285 e. The summed E-state index contributed by atoms with van der Waals surface area (Å²) in [4.78, 5) is 45.1. The molecule has 0 saturated heterocycles. The molecule has 212 valence electrons. The van der Waals surface area contributed by atoms with Gasteiger partial charge in [-0.15, -0.1) is 5.06 Å². The molecule has 1 atom stereocenters. The molecule has 9 heteroatoms. The Hall–Kier alpha value is -4.89.